The van der Waals surface area contributed by atoms with Crippen molar-refractivity contribution >= 4 is 17.4 Å². The minimum Gasteiger partial charge on any atom is -0.486 e. The number of rotatable bonds is 4. The van der Waals surface area contributed by atoms with Crippen molar-refractivity contribution in [2.75, 3.05) is 26.3 Å². The van der Waals surface area contributed by atoms with Gasteiger partial charge in [0, 0.05) is 24.2 Å². The predicted molar refractivity (Wildman–Crippen MR) is 99.0 cm³/mol. The standard InChI is InChI=1S/C20H21ClN2O3/c21-19-4-1-14(12-22-19)13-23-7-5-15(6-8-23)20(24)16-2-3-17-18(11-16)26-10-9-25-17/h1-4,11-12,15H,5-10,13H2. The van der Waals surface area contributed by atoms with E-state index in [0.717, 1.165) is 49.4 Å². The average molecular weight is 373 g/mol. The third-order valence-corrected chi connectivity index (χ3v) is 5.20. The molecule has 2 aliphatic rings. The van der Waals surface area contributed by atoms with Gasteiger partial charge in [0.2, 0.25) is 0 Å². The first-order valence-electron chi connectivity index (χ1n) is 8.96. The number of halogens is 1. The first-order valence-corrected chi connectivity index (χ1v) is 9.33. The Morgan fingerprint density at radius 3 is 2.62 bits per heavy atom. The van der Waals surface area contributed by atoms with Crippen molar-refractivity contribution in [3.05, 3.63) is 52.8 Å². The molecule has 5 nitrogen and oxygen atoms in total. The van der Waals surface area contributed by atoms with Crippen LogP contribution in [0.4, 0.5) is 0 Å². The van der Waals surface area contributed by atoms with Crippen molar-refractivity contribution in [3.63, 3.8) is 0 Å². The van der Waals surface area contributed by atoms with E-state index in [0.29, 0.717) is 24.1 Å². The number of hydrogen-bond acceptors (Lipinski definition) is 5. The summed E-state index contributed by atoms with van der Waals surface area (Å²) in [4.78, 5) is 19.3. The minimum atomic E-state index is 0.0668. The van der Waals surface area contributed by atoms with Crippen molar-refractivity contribution in [2.24, 2.45) is 5.92 Å². The van der Waals surface area contributed by atoms with Gasteiger partial charge < -0.3 is 9.47 Å². The number of carbonyl (C=O) groups is 1. The van der Waals surface area contributed by atoms with Gasteiger partial charge in [-0.15, -0.1) is 0 Å². The van der Waals surface area contributed by atoms with Crippen LogP contribution in [0.3, 0.4) is 0 Å². The number of benzene rings is 1. The molecule has 0 amide bonds. The van der Waals surface area contributed by atoms with E-state index in [1.807, 2.05) is 36.5 Å². The Kier molecular flexibility index (Phi) is 5.09. The van der Waals surface area contributed by atoms with Gasteiger partial charge in [0.25, 0.3) is 0 Å². The summed E-state index contributed by atoms with van der Waals surface area (Å²) in [7, 11) is 0. The second-order valence-electron chi connectivity index (χ2n) is 6.76. The highest BCUT2D eigenvalue weighted by atomic mass is 35.5. The molecular weight excluding hydrogens is 352 g/mol. The van der Waals surface area contributed by atoms with Crippen LogP contribution in [0.15, 0.2) is 36.5 Å². The molecule has 0 aliphatic carbocycles. The largest absolute Gasteiger partial charge is 0.486 e. The van der Waals surface area contributed by atoms with Crippen LogP contribution < -0.4 is 9.47 Å². The number of piperidine rings is 1. The van der Waals surface area contributed by atoms with Crippen molar-refractivity contribution in [3.8, 4) is 11.5 Å². The van der Waals surface area contributed by atoms with E-state index < -0.39 is 0 Å². The SMILES string of the molecule is O=C(c1ccc2c(c1)OCCO2)C1CCN(Cc2ccc(Cl)nc2)CC1. The smallest absolute Gasteiger partial charge is 0.166 e. The number of aromatic nitrogens is 1. The topological polar surface area (TPSA) is 51.7 Å². The molecule has 1 aromatic heterocycles. The van der Waals surface area contributed by atoms with E-state index in [1.54, 1.807) is 0 Å². The van der Waals surface area contributed by atoms with E-state index in [2.05, 4.69) is 9.88 Å². The Balaban J connectivity index is 1.35. The maximum absolute atomic E-state index is 12.8. The van der Waals surface area contributed by atoms with Crippen LogP contribution in [0, 0.1) is 5.92 Å². The molecule has 6 heteroatoms. The van der Waals surface area contributed by atoms with E-state index in [9.17, 15) is 4.79 Å². The molecule has 4 rings (SSSR count). The van der Waals surface area contributed by atoms with Crippen LogP contribution in [-0.2, 0) is 6.54 Å². The highest BCUT2D eigenvalue weighted by molar-refractivity contribution is 6.29. The number of ketones is 1. The third kappa shape index (κ3) is 3.84. The number of Topliss-reactive ketones (excluding diaryl/α,β-unsaturated/α-hetero) is 1. The van der Waals surface area contributed by atoms with Gasteiger partial charge in [0.05, 0.1) is 0 Å². The number of hydrogen-bond donors (Lipinski definition) is 0. The zero-order valence-electron chi connectivity index (χ0n) is 14.5. The lowest BCUT2D eigenvalue weighted by molar-refractivity contribution is 0.0833. The summed E-state index contributed by atoms with van der Waals surface area (Å²) in [5, 5.41) is 0.512. The summed E-state index contributed by atoms with van der Waals surface area (Å²) in [6, 6.07) is 9.32. The zero-order valence-corrected chi connectivity index (χ0v) is 15.2. The molecule has 0 bridgehead atoms. The van der Waals surface area contributed by atoms with Crippen LogP contribution in [0.5, 0.6) is 11.5 Å². The summed E-state index contributed by atoms with van der Waals surface area (Å²) in [5.74, 6) is 1.67. The van der Waals surface area contributed by atoms with Crippen molar-refractivity contribution in [1.29, 1.82) is 0 Å². The van der Waals surface area contributed by atoms with E-state index >= 15 is 0 Å². The van der Waals surface area contributed by atoms with Crippen molar-refractivity contribution < 1.29 is 14.3 Å². The number of carbonyl (C=O) groups excluding carboxylic acids is 1. The Morgan fingerprint density at radius 1 is 1.12 bits per heavy atom. The predicted octanol–water partition coefficient (Wildman–Crippen LogP) is 3.60. The third-order valence-electron chi connectivity index (χ3n) is 4.98. The van der Waals surface area contributed by atoms with Crippen LogP contribution >= 0.6 is 11.6 Å². The lowest BCUT2D eigenvalue weighted by Gasteiger charge is -2.31. The average Bonchev–Trinajstić information content (AvgIpc) is 2.69. The molecule has 0 atom stereocenters. The monoisotopic (exact) mass is 372 g/mol. The Hall–Kier alpha value is -2.11. The van der Waals surface area contributed by atoms with Gasteiger partial charge in [-0.1, -0.05) is 17.7 Å². The molecule has 26 heavy (non-hydrogen) atoms. The quantitative estimate of drug-likeness (QED) is 0.606. The molecular formula is C20H21ClN2O3. The number of pyridine rings is 1. The number of ether oxygens (including phenoxy) is 2. The molecule has 136 valence electrons. The molecule has 1 fully saturated rings. The molecule has 2 aromatic rings. The maximum Gasteiger partial charge on any atom is 0.166 e. The summed E-state index contributed by atoms with van der Waals surface area (Å²) >= 11 is 5.83. The zero-order chi connectivity index (χ0) is 17.9. The second kappa shape index (κ2) is 7.64. The second-order valence-corrected chi connectivity index (χ2v) is 7.15. The molecule has 0 N–H and O–H groups in total. The first kappa shape index (κ1) is 17.3. The Morgan fingerprint density at radius 2 is 1.88 bits per heavy atom. The maximum atomic E-state index is 12.8. The number of fused-ring (bicyclic) bond motifs is 1. The molecule has 1 aromatic carbocycles. The van der Waals surface area contributed by atoms with Gasteiger partial charge >= 0.3 is 0 Å². The van der Waals surface area contributed by atoms with E-state index in [1.165, 1.54) is 0 Å². The van der Waals surface area contributed by atoms with Crippen LogP contribution in [-0.4, -0.2) is 42.0 Å². The highest BCUT2D eigenvalue weighted by Gasteiger charge is 2.27. The molecule has 0 radical (unpaired) electrons. The summed E-state index contributed by atoms with van der Waals surface area (Å²) in [6.07, 6.45) is 3.55. The first-order chi connectivity index (χ1) is 12.7. The Labute approximate surface area is 157 Å². The molecule has 0 saturated carbocycles. The fraction of sp³-hybridized carbons (Fsp3) is 0.400. The van der Waals surface area contributed by atoms with Crippen molar-refractivity contribution in [2.45, 2.75) is 19.4 Å². The van der Waals surface area contributed by atoms with Gasteiger partial charge in [0.1, 0.15) is 18.4 Å². The van der Waals surface area contributed by atoms with Crippen LogP contribution in [0.1, 0.15) is 28.8 Å². The fourth-order valence-electron chi connectivity index (χ4n) is 3.54. The van der Waals surface area contributed by atoms with Gasteiger partial charge in [-0.2, -0.15) is 0 Å². The molecule has 1 saturated heterocycles. The molecule has 3 heterocycles. The summed E-state index contributed by atoms with van der Waals surface area (Å²) in [6.45, 7) is 3.74. The highest BCUT2D eigenvalue weighted by Crippen LogP contribution is 2.32. The Bertz CT molecular complexity index is 786. The number of likely N-dealkylation sites (tertiary alicyclic amines) is 1. The van der Waals surface area contributed by atoms with E-state index in [-0.39, 0.29) is 11.7 Å². The van der Waals surface area contributed by atoms with Gasteiger partial charge in [-0.05, 0) is 55.8 Å². The minimum absolute atomic E-state index is 0.0668. The lowest BCUT2D eigenvalue weighted by Crippen LogP contribution is -2.36. The number of nitrogens with zero attached hydrogens (tertiary/aromatic N) is 2. The van der Waals surface area contributed by atoms with Crippen molar-refractivity contribution in [1.82, 2.24) is 9.88 Å². The molecule has 0 unspecified atom stereocenters. The van der Waals surface area contributed by atoms with Gasteiger partial charge in [0.15, 0.2) is 17.3 Å². The fourth-order valence-corrected chi connectivity index (χ4v) is 3.66. The lowest BCUT2D eigenvalue weighted by atomic mass is 9.88. The van der Waals surface area contributed by atoms with Crippen LogP contribution in [0.25, 0.3) is 0 Å². The summed E-state index contributed by atoms with van der Waals surface area (Å²) in [5.41, 5.74) is 1.86. The van der Waals surface area contributed by atoms with Gasteiger partial charge in [-0.3, -0.25) is 9.69 Å². The van der Waals surface area contributed by atoms with E-state index in [4.69, 9.17) is 21.1 Å². The van der Waals surface area contributed by atoms with Gasteiger partial charge in [-0.25, -0.2) is 4.98 Å². The summed E-state index contributed by atoms with van der Waals surface area (Å²) < 4.78 is 11.1. The molecule has 0 spiro atoms. The van der Waals surface area contributed by atoms with Crippen LogP contribution in [0.2, 0.25) is 5.15 Å². The normalized spacial score (nSPS) is 17.9. The molecule has 2 aliphatic heterocycles.